The van der Waals surface area contributed by atoms with Crippen molar-refractivity contribution in [1.29, 1.82) is 0 Å². The molecule has 0 spiro atoms. The maximum absolute atomic E-state index is 2.42. The van der Waals surface area contributed by atoms with E-state index >= 15 is 0 Å². The number of thiazole rings is 1. The van der Waals surface area contributed by atoms with Crippen LogP contribution in [0.3, 0.4) is 0 Å². The molecule has 0 aliphatic carbocycles. The van der Waals surface area contributed by atoms with E-state index in [1.54, 1.807) is 11.3 Å². The largest absolute Gasteiger partial charge is 0.335 e. The average Bonchev–Trinajstić information content (AvgIpc) is 3.40. The monoisotopic (exact) mass is 451 g/mol. The van der Waals surface area contributed by atoms with Crippen LogP contribution < -0.4 is 9.47 Å². The highest BCUT2D eigenvalue weighted by Crippen LogP contribution is 2.49. The molecule has 0 radical (unpaired) electrons. The van der Waals surface area contributed by atoms with Gasteiger partial charge in [0.2, 0.25) is 11.0 Å². The van der Waals surface area contributed by atoms with Crippen LogP contribution in [0.25, 0.3) is 38.0 Å². The third-order valence-electron chi connectivity index (χ3n) is 6.05. The summed E-state index contributed by atoms with van der Waals surface area (Å²) in [7, 11) is 0. The SMILES string of the molecule is CCN1C(=CC(C)=C[n+]2csc3c4ccccc4ccc32)Sc2c1ccc1ccccc21. The minimum absolute atomic E-state index is 0.956. The summed E-state index contributed by atoms with van der Waals surface area (Å²) in [5.74, 6) is 0. The standard InChI is InChI=1S/C28H23N2S2/c1-3-30-25-15-13-21-9-5-7-11-23(21)28(25)32-26(30)16-19(2)17-29-18-31-27-22-10-6-4-8-20(22)12-14-24(27)29/h4-18H,3H2,1-2H3/q+1. The summed E-state index contributed by atoms with van der Waals surface area (Å²) >= 11 is 3.69. The van der Waals surface area contributed by atoms with Crippen LogP contribution in [0, 0.1) is 0 Å². The van der Waals surface area contributed by atoms with E-state index in [0.29, 0.717) is 0 Å². The van der Waals surface area contributed by atoms with Gasteiger partial charge in [-0.15, -0.1) is 0 Å². The Morgan fingerprint density at radius 1 is 0.906 bits per heavy atom. The quantitative estimate of drug-likeness (QED) is 0.258. The summed E-state index contributed by atoms with van der Waals surface area (Å²) in [6.45, 7) is 5.38. The van der Waals surface area contributed by atoms with Gasteiger partial charge >= 0.3 is 0 Å². The topological polar surface area (TPSA) is 7.12 Å². The van der Waals surface area contributed by atoms with Crippen molar-refractivity contribution in [2.75, 3.05) is 11.4 Å². The molecule has 1 aromatic heterocycles. The summed E-state index contributed by atoms with van der Waals surface area (Å²) in [4.78, 5) is 3.79. The second-order valence-electron chi connectivity index (χ2n) is 8.10. The zero-order valence-corrected chi connectivity index (χ0v) is 19.7. The Hall–Kier alpha value is -3.08. The molecule has 0 saturated heterocycles. The van der Waals surface area contributed by atoms with Crippen molar-refractivity contribution < 1.29 is 4.57 Å². The van der Waals surface area contributed by atoms with Gasteiger partial charge < -0.3 is 4.90 Å². The van der Waals surface area contributed by atoms with Crippen molar-refractivity contribution in [2.24, 2.45) is 0 Å². The third-order valence-corrected chi connectivity index (χ3v) is 8.23. The second kappa shape index (κ2) is 7.80. The lowest BCUT2D eigenvalue weighted by molar-refractivity contribution is -0.534. The summed E-state index contributed by atoms with van der Waals surface area (Å²) in [6.07, 6.45) is 4.57. The molecule has 32 heavy (non-hydrogen) atoms. The number of allylic oxidation sites excluding steroid dienone is 2. The Labute approximate surface area is 196 Å². The lowest BCUT2D eigenvalue weighted by Gasteiger charge is -2.18. The first kappa shape index (κ1) is 19.6. The van der Waals surface area contributed by atoms with Gasteiger partial charge in [-0.25, -0.2) is 0 Å². The number of nitrogens with zero attached hydrogens (tertiary/aromatic N) is 2. The van der Waals surface area contributed by atoms with Gasteiger partial charge in [0.05, 0.1) is 10.7 Å². The zero-order chi connectivity index (χ0) is 21.7. The normalized spacial score (nSPS) is 15.4. The van der Waals surface area contributed by atoms with Gasteiger partial charge in [0.1, 0.15) is 4.70 Å². The summed E-state index contributed by atoms with van der Waals surface area (Å²) in [5.41, 5.74) is 6.02. The summed E-state index contributed by atoms with van der Waals surface area (Å²) < 4.78 is 3.60. The van der Waals surface area contributed by atoms with Crippen molar-refractivity contribution >= 4 is 66.7 Å². The van der Waals surface area contributed by atoms with Crippen LogP contribution in [0.1, 0.15) is 13.8 Å². The van der Waals surface area contributed by atoms with E-state index < -0.39 is 0 Å². The van der Waals surface area contributed by atoms with Gasteiger partial charge in [0, 0.05) is 28.5 Å². The van der Waals surface area contributed by atoms with Crippen molar-refractivity contribution in [1.82, 2.24) is 0 Å². The number of fused-ring (bicyclic) bond motifs is 6. The Morgan fingerprint density at radius 3 is 2.44 bits per heavy atom. The first-order valence-electron chi connectivity index (χ1n) is 10.9. The predicted molar refractivity (Wildman–Crippen MR) is 140 cm³/mol. The van der Waals surface area contributed by atoms with Crippen molar-refractivity contribution in [2.45, 2.75) is 18.7 Å². The zero-order valence-electron chi connectivity index (χ0n) is 18.1. The van der Waals surface area contributed by atoms with Gasteiger partial charge in [0.15, 0.2) is 6.20 Å². The minimum Gasteiger partial charge on any atom is -0.335 e. The minimum atomic E-state index is 0.956. The fraction of sp³-hybridized carbons (Fsp3) is 0.107. The Kier molecular flexibility index (Phi) is 4.78. The van der Waals surface area contributed by atoms with Gasteiger partial charge in [0.25, 0.3) is 0 Å². The Bertz CT molecular complexity index is 1560. The van der Waals surface area contributed by atoms with Crippen LogP contribution in [-0.2, 0) is 0 Å². The number of aromatic nitrogens is 1. The van der Waals surface area contributed by atoms with E-state index in [4.69, 9.17) is 0 Å². The number of hydrogen-bond donors (Lipinski definition) is 0. The van der Waals surface area contributed by atoms with Crippen LogP contribution in [0.4, 0.5) is 5.69 Å². The molecule has 1 aliphatic heterocycles. The second-order valence-corrected chi connectivity index (χ2v) is 9.99. The third kappa shape index (κ3) is 3.14. The van der Waals surface area contributed by atoms with Crippen molar-refractivity contribution in [3.8, 4) is 0 Å². The number of rotatable bonds is 3. The van der Waals surface area contributed by atoms with Gasteiger partial charge in [-0.2, -0.15) is 4.57 Å². The Morgan fingerprint density at radius 2 is 1.62 bits per heavy atom. The van der Waals surface area contributed by atoms with Crippen molar-refractivity contribution in [3.05, 3.63) is 95.0 Å². The molecule has 0 amide bonds. The fourth-order valence-corrected chi connectivity index (χ4v) is 6.91. The molecule has 0 N–H and O–H groups in total. The fourth-order valence-electron chi connectivity index (χ4n) is 4.54. The van der Waals surface area contributed by atoms with Crippen LogP contribution in [0.15, 0.2) is 99.9 Å². The molecule has 0 bridgehead atoms. The Balaban J connectivity index is 1.40. The molecule has 4 heteroatoms. The van der Waals surface area contributed by atoms with E-state index in [-0.39, 0.29) is 0 Å². The van der Waals surface area contributed by atoms with E-state index in [1.165, 1.54) is 52.9 Å². The van der Waals surface area contributed by atoms with E-state index in [0.717, 1.165) is 6.54 Å². The maximum Gasteiger partial charge on any atom is 0.231 e. The molecule has 2 heterocycles. The average molecular weight is 452 g/mol. The number of hydrogen-bond acceptors (Lipinski definition) is 3. The molecule has 156 valence electrons. The maximum atomic E-state index is 2.42. The van der Waals surface area contributed by atoms with Gasteiger partial charge in [-0.05, 0) is 48.2 Å². The van der Waals surface area contributed by atoms with Crippen LogP contribution >= 0.6 is 23.1 Å². The van der Waals surface area contributed by atoms with Crippen LogP contribution in [0.2, 0.25) is 0 Å². The molecule has 0 fully saturated rings. The molecule has 6 rings (SSSR count). The van der Waals surface area contributed by atoms with Gasteiger partial charge in [-0.1, -0.05) is 77.7 Å². The molecule has 0 atom stereocenters. The highest BCUT2D eigenvalue weighted by Gasteiger charge is 2.26. The molecule has 2 nitrogen and oxygen atoms in total. The van der Waals surface area contributed by atoms with Crippen LogP contribution in [0.5, 0.6) is 0 Å². The van der Waals surface area contributed by atoms with Crippen LogP contribution in [-0.4, -0.2) is 6.54 Å². The van der Waals surface area contributed by atoms with E-state index in [9.17, 15) is 0 Å². The van der Waals surface area contributed by atoms with E-state index in [1.807, 2.05) is 11.8 Å². The first-order valence-corrected chi connectivity index (χ1v) is 12.6. The van der Waals surface area contributed by atoms with Crippen molar-refractivity contribution in [3.63, 3.8) is 0 Å². The number of thioether (sulfide) groups is 1. The highest BCUT2D eigenvalue weighted by atomic mass is 32.2. The van der Waals surface area contributed by atoms with Gasteiger partial charge in [-0.3, -0.25) is 0 Å². The van der Waals surface area contributed by atoms with E-state index in [2.05, 4.69) is 114 Å². The molecule has 5 aromatic rings. The molecular formula is C28H23N2S2+. The molecule has 0 saturated carbocycles. The molecule has 0 unspecified atom stereocenters. The predicted octanol–water partition coefficient (Wildman–Crippen LogP) is 7.83. The lowest BCUT2D eigenvalue weighted by atomic mass is 10.1. The molecule has 1 aliphatic rings. The molecule has 4 aromatic carbocycles. The lowest BCUT2D eigenvalue weighted by Crippen LogP contribution is -2.23. The summed E-state index contributed by atoms with van der Waals surface area (Å²) in [5, 5.41) is 6.55. The number of anilines is 1. The highest BCUT2D eigenvalue weighted by molar-refractivity contribution is 8.04. The number of benzene rings is 4. The molecular weight excluding hydrogens is 428 g/mol. The summed E-state index contributed by atoms with van der Waals surface area (Å²) in [6, 6.07) is 26.2. The smallest absolute Gasteiger partial charge is 0.231 e. The first-order chi connectivity index (χ1) is 15.7.